The number of carboxylic acid groups (broad SMARTS) is 1. The number of primary amides is 1. The van der Waals surface area contributed by atoms with Gasteiger partial charge < -0.3 is 64.4 Å². The average molecular weight is 800 g/mol. The van der Waals surface area contributed by atoms with Crippen LogP contribution in [0.4, 0.5) is 0 Å². The van der Waals surface area contributed by atoms with Gasteiger partial charge in [-0.05, 0) is 68.8 Å². The van der Waals surface area contributed by atoms with Gasteiger partial charge in [-0.1, -0.05) is 42.5 Å². The lowest BCUT2D eigenvalue weighted by atomic mass is 10.0. The SMILES string of the molecule is C[C@H](NC(=O)[C@H](CO)NC(=O)CNC(=O)[C@@H](N)Cc1ccc(O)cc1)C(=O)N[C@@H](CCC(N)=O)C(=O)N[C@@H](Cc1ccccc1)C(=O)N[C@@H](CCCCN)C(=O)O. The van der Waals surface area contributed by atoms with Gasteiger partial charge in [0.1, 0.15) is 36.0 Å². The number of aliphatic hydroxyl groups is 1. The molecule has 20 nitrogen and oxygen atoms in total. The van der Waals surface area contributed by atoms with Crippen LogP contribution in [0.5, 0.6) is 5.75 Å². The standard InChI is InChI=1S/C37H53N9O11/c1-21(42-36(55)29(20-47)43-31(50)19-41-33(52)25(39)17-23-10-12-24(48)13-11-23)32(51)44-26(14-15-30(40)49)34(53)46-28(18-22-7-3-2-4-8-22)35(54)45-27(37(56)57)9-5-6-16-38/h2-4,7-8,10-13,21,25-29,47-48H,5-6,9,14-20,38-39H2,1H3,(H2,40,49)(H,41,52)(H,42,55)(H,43,50)(H,44,51)(H,45,54)(H,46,53)(H,56,57)/t21-,25-,26-,27-,28-,29-/m0/s1. The molecular weight excluding hydrogens is 746 g/mol. The van der Waals surface area contributed by atoms with E-state index < -0.39 is 96.7 Å². The third kappa shape index (κ3) is 17.5. The van der Waals surface area contributed by atoms with E-state index in [4.69, 9.17) is 17.2 Å². The number of carbonyl (C=O) groups excluding carboxylic acids is 7. The number of phenolic OH excluding ortho intramolecular Hbond substituents is 1. The summed E-state index contributed by atoms with van der Waals surface area (Å²) in [4.78, 5) is 102. The van der Waals surface area contributed by atoms with Gasteiger partial charge in [0, 0.05) is 12.8 Å². The number of carboxylic acids is 1. The number of aromatic hydroxyl groups is 1. The Bertz CT molecular complexity index is 1680. The fourth-order valence-corrected chi connectivity index (χ4v) is 5.30. The summed E-state index contributed by atoms with van der Waals surface area (Å²) in [7, 11) is 0. The van der Waals surface area contributed by atoms with Gasteiger partial charge in [0.15, 0.2) is 0 Å². The Morgan fingerprint density at radius 1 is 0.667 bits per heavy atom. The van der Waals surface area contributed by atoms with Crippen molar-refractivity contribution in [1.82, 2.24) is 31.9 Å². The smallest absolute Gasteiger partial charge is 0.326 e. The van der Waals surface area contributed by atoms with Crippen LogP contribution in [0.3, 0.4) is 0 Å². The van der Waals surface area contributed by atoms with E-state index in [0.29, 0.717) is 30.5 Å². The van der Waals surface area contributed by atoms with Crippen molar-refractivity contribution < 1.29 is 53.7 Å². The minimum absolute atomic E-state index is 0.0360. The van der Waals surface area contributed by atoms with Gasteiger partial charge in [-0.2, -0.15) is 0 Å². The second-order valence-electron chi connectivity index (χ2n) is 13.2. The molecule has 0 aliphatic carbocycles. The molecule has 0 aliphatic rings. The Balaban J connectivity index is 2.07. The summed E-state index contributed by atoms with van der Waals surface area (Å²) in [6, 6.07) is 6.48. The second kappa shape index (κ2) is 24.4. The molecule has 6 atom stereocenters. The molecule has 0 unspecified atom stereocenters. The van der Waals surface area contributed by atoms with Gasteiger partial charge >= 0.3 is 5.97 Å². The van der Waals surface area contributed by atoms with Crippen molar-refractivity contribution in [2.24, 2.45) is 17.2 Å². The summed E-state index contributed by atoms with van der Waals surface area (Å²) in [5.41, 5.74) is 18.0. The largest absolute Gasteiger partial charge is 0.508 e. The van der Waals surface area contributed by atoms with E-state index in [2.05, 4.69) is 31.9 Å². The van der Waals surface area contributed by atoms with Crippen LogP contribution < -0.4 is 49.1 Å². The molecule has 0 aliphatic heterocycles. The first-order chi connectivity index (χ1) is 27.0. The number of unbranched alkanes of at least 4 members (excludes halogenated alkanes) is 1. The lowest BCUT2D eigenvalue weighted by molar-refractivity contribution is -0.142. The highest BCUT2D eigenvalue weighted by Gasteiger charge is 2.32. The van der Waals surface area contributed by atoms with Gasteiger partial charge in [0.05, 0.1) is 19.2 Å². The van der Waals surface area contributed by atoms with Crippen molar-refractivity contribution in [3.8, 4) is 5.75 Å². The summed E-state index contributed by atoms with van der Waals surface area (Å²) < 4.78 is 0. The summed E-state index contributed by atoms with van der Waals surface area (Å²) in [6.45, 7) is 0.0660. The Hall–Kier alpha value is -6.12. The third-order valence-corrected chi connectivity index (χ3v) is 8.53. The normalized spacial score (nSPS) is 14.0. The minimum atomic E-state index is -1.56. The number of hydrogen-bond donors (Lipinski definition) is 12. The minimum Gasteiger partial charge on any atom is -0.508 e. The number of rotatable bonds is 25. The molecule has 57 heavy (non-hydrogen) atoms. The van der Waals surface area contributed by atoms with Crippen molar-refractivity contribution in [3.05, 3.63) is 65.7 Å². The highest BCUT2D eigenvalue weighted by atomic mass is 16.4. The predicted octanol–water partition coefficient (Wildman–Crippen LogP) is -3.46. The van der Waals surface area contributed by atoms with Gasteiger partial charge in [-0.3, -0.25) is 33.6 Å². The van der Waals surface area contributed by atoms with Crippen LogP contribution in [-0.2, 0) is 51.2 Å². The number of carbonyl (C=O) groups is 8. The Morgan fingerprint density at radius 2 is 1.25 bits per heavy atom. The maximum atomic E-state index is 13.6. The first-order valence-corrected chi connectivity index (χ1v) is 18.2. The number of hydrogen-bond acceptors (Lipinski definition) is 12. The number of aliphatic carboxylic acids is 1. The van der Waals surface area contributed by atoms with Gasteiger partial charge in [-0.15, -0.1) is 0 Å². The van der Waals surface area contributed by atoms with E-state index in [1.807, 2.05) is 0 Å². The third-order valence-electron chi connectivity index (χ3n) is 8.53. The molecular formula is C37H53N9O11. The fourth-order valence-electron chi connectivity index (χ4n) is 5.30. The molecule has 2 aromatic rings. The summed E-state index contributed by atoms with van der Waals surface area (Å²) in [5, 5.41) is 43.1. The van der Waals surface area contributed by atoms with Gasteiger partial charge in [0.25, 0.3) is 0 Å². The molecule has 0 bridgehead atoms. The zero-order valence-corrected chi connectivity index (χ0v) is 31.6. The first kappa shape index (κ1) is 47.0. The molecule has 0 radical (unpaired) electrons. The number of nitrogens with one attached hydrogen (secondary N) is 6. The van der Waals surface area contributed by atoms with Crippen LogP contribution in [0.2, 0.25) is 0 Å². The highest BCUT2D eigenvalue weighted by molar-refractivity contribution is 5.96. The van der Waals surface area contributed by atoms with E-state index in [9.17, 15) is 53.7 Å². The van der Waals surface area contributed by atoms with Crippen molar-refractivity contribution in [1.29, 1.82) is 0 Å². The second-order valence-corrected chi connectivity index (χ2v) is 13.2. The number of aliphatic hydroxyl groups excluding tert-OH is 1. The molecule has 0 heterocycles. The van der Waals surface area contributed by atoms with Crippen LogP contribution >= 0.6 is 0 Å². The molecule has 0 saturated heterocycles. The lowest BCUT2D eigenvalue weighted by Gasteiger charge is -2.26. The molecule has 15 N–H and O–H groups in total. The number of benzene rings is 2. The number of phenols is 1. The maximum absolute atomic E-state index is 13.6. The zero-order valence-electron chi connectivity index (χ0n) is 31.6. The van der Waals surface area contributed by atoms with Crippen LogP contribution in [0, 0.1) is 0 Å². The van der Waals surface area contributed by atoms with Crippen LogP contribution in [0.1, 0.15) is 50.2 Å². The van der Waals surface area contributed by atoms with Crippen LogP contribution in [-0.4, -0.2) is 119 Å². The topological polar surface area (TPSA) is 347 Å². The maximum Gasteiger partial charge on any atom is 0.326 e. The number of nitrogens with two attached hydrogens (primary N) is 3. The Morgan fingerprint density at radius 3 is 1.84 bits per heavy atom. The molecule has 20 heteroatoms. The molecule has 312 valence electrons. The summed E-state index contributed by atoms with van der Waals surface area (Å²) >= 11 is 0. The molecule has 2 rings (SSSR count). The molecule has 7 amide bonds. The van der Waals surface area contributed by atoms with E-state index in [1.54, 1.807) is 42.5 Å². The Labute approximate surface area is 329 Å². The van der Waals surface area contributed by atoms with E-state index in [0.717, 1.165) is 0 Å². The Kier molecular flexibility index (Phi) is 20.1. The molecule has 0 saturated carbocycles. The van der Waals surface area contributed by atoms with Crippen molar-refractivity contribution in [2.45, 2.75) is 88.1 Å². The van der Waals surface area contributed by atoms with Crippen molar-refractivity contribution in [2.75, 3.05) is 19.7 Å². The van der Waals surface area contributed by atoms with Gasteiger partial charge in [0.2, 0.25) is 41.4 Å². The van der Waals surface area contributed by atoms with E-state index in [1.165, 1.54) is 19.1 Å². The quantitative estimate of drug-likeness (QED) is 0.0435. The lowest BCUT2D eigenvalue weighted by Crippen LogP contribution is -2.59. The highest BCUT2D eigenvalue weighted by Crippen LogP contribution is 2.11. The zero-order chi connectivity index (χ0) is 42.5. The van der Waals surface area contributed by atoms with Crippen molar-refractivity contribution >= 4 is 47.3 Å². The summed E-state index contributed by atoms with van der Waals surface area (Å²) in [5.74, 6) is -7.27. The molecule has 0 aromatic heterocycles. The van der Waals surface area contributed by atoms with Gasteiger partial charge in [-0.25, -0.2) is 4.79 Å². The molecule has 0 spiro atoms. The molecule has 2 aromatic carbocycles. The predicted molar refractivity (Wildman–Crippen MR) is 204 cm³/mol. The van der Waals surface area contributed by atoms with Crippen molar-refractivity contribution in [3.63, 3.8) is 0 Å². The summed E-state index contributed by atoms with van der Waals surface area (Å²) in [6.07, 6.45) is 0.382. The monoisotopic (exact) mass is 799 g/mol. The average Bonchev–Trinajstić information content (AvgIpc) is 3.17. The molecule has 0 fully saturated rings. The number of amides is 7. The van der Waals surface area contributed by atoms with Crippen LogP contribution in [0.25, 0.3) is 0 Å². The van der Waals surface area contributed by atoms with Crippen LogP contribution in [0.15, 0.2) is 54.6 Å². The fraction of sp³-hybridized carbons (Fsp3) is 0.459. The van der Waals surface area contributed by atoms with E-state index in [-0.39, 0.29) is 37.9 Å². The van der Waals surface area contributed by atoms with E-state index >= 15 is 0 Å². The first-order valence-electron chi connectivity index (χ1n) is 18.2.